The van der Waals surface area contributed by atoms with Gasteiger partial charge < -0.3 is 10.1 Å². The normalized spacial score (nSPS) is 12.3. The fraction of sp³-hybridized carbons (Fsp3) is 0.368. The maximum atomic E-state index is 5.91. The van der Waals surface area contributed by atoms with Gasteiger partial charge in [-0.1, -0.05) is 61.0 Å². The van der Waals surface area contributed by atoms with Crippen LogP contribution in [0.4, 0.5) is 0 Å². The van der Waals surface area contributed by atoms with Gasteiger partial charge in [0.15, 0.2) is 0 Å². The Bertz CT molecular complexity index is 551. The number of aryl methyl sites for hydroxylation is 2. The molecule has 0 bridgehead atoms. The molecule has 0 aromatic heterocycles. The Hall–Kier alpha value is -1.64. The summed E-state index contributed by atoms with van der Waals surface area (Å²) >= 11 is 0. The summed E-state index contributed by atoms with van der Waals surface area (Å²) in [5.41, 5.74) is 5.17. The maximum Gasteiger partial charge on any atom is 0.0717 e. The van der Waals surface area contributed by atoms with Crippen molar-refractivity contribution < 1.29 is 4.74 Å². The molecule has 1 N–H and O–H groups in total. The van der Waals surface area contributed by atoms with E-state index in [2.05, 4.69) is 56.4 Å². The van der Waals surface area contributed by atoms with E-state index in [0.717, 1.165) is 6.54 Å². The second-order valence-corrected chi connectivity index (χ2v) is 5.47. The van der Waals surface area contributed by atoms with E-state index in [9.17, 15) is 0 Å². The molecular weight excluding hydrogens is 258 g/mol. The Morgan fingerprint density at radius 2 is 1.81 bits per heavy atom. The van der Waals surface area contributed by atoms with Gasteiger partial charge in [0, 0.05) is 0 Å². The molecule has 0 aliphatic carbocycles. The monoisotopic (exact) mass is 283 g/mol. The van der Waals surface area contributed by atoms with Crippen LogP contribution >= 0.6 is 0 Å². The van der Waals surface area contributed by atoms with Gasteiger partial charge in [-0.25, -0.2) is 0 Å². The second-order valence-electron chi connectivity index (χ2n) is 5.47. The van der Waals surface area contributed by atoms with Gasteiger partial charge in [0.2, 0.25) is 0 Å². The predicted octanol–water partition coefficient (Wildman–Crippen LogP) is 4.17. The van der Waals surface area contributed by atoms with Crippen LogP contribution in [0.2, 0.25) is 0 Å². The van der Waals surface area contributed by atoms with Gasteiger partial charge in [-0.2, -0.15) is 0 Å². The molecule has 0 saturated heterocycles. The van der Waals surface area contributed by atoms with Crippen molar-refractivity contribution in [1.29, 1.82) is 0 Å². The van der Waals surface area contributed by atoms with Crippen LogP contribution in [0, 0.1) is 13.8 Å². The molecule has 112 valence electrons. The Morgan fingerprint density at radius 3 is 2.48 bits per heavy atom. The predicted molar refractivity (Wildman–Crippen MR) is 88.4 cm³/mol. The van der Waals surface area contributed by atoms with Crippen molar-refractivity contribution in [3.63, 3.8) is 0 Å². The molecule has 0 saturated carbocycles. The molecule has 0 radical (unpaired) electrons. The van der Waals surface area contributed by atoms with Crippen LogP contribution in [-0.4, -0.2) is 13.2 Å². The standard InChI is InChI=1S/C19H25NO/c1-4-20-19(18-11-10-15(2)12-16(18)3)14-21-13-17-8-6-5-7-9-17/h5-12,19-20H,4,13-14H2,1-3H3. The molecule has 2 aromatic rings. The lowest BCUT2D eigenvalue weighted by Crippen LogP contribution is -2.26. The smallest absolute Gasteiger partial charge is 0.0717 e. The molecule has 0 fully saturated rings. The molecule has 1 atom stereocenters. The summed E-state index contributed by atoms with van der Waals surface area (Å²) in [5.74, 6) is 0. The van der Waals surface area contributed by atoms with E-state index in [1.807, 2.05) is 18.2 Å². The third kappa shape index (κ3) is 4.69. The molecule has 21 heavy (non-hydrogen) atoms. The average Bonchev–Trinajstić information content (AvgIpc) is 2.48. The zero-order chi connectivity index (χ0) is 15.1. The summed E-state index contributed by atoms with van der Waals surface area (Å²) < 4.78 is 5.91. The van der Waals surface area contributed by atoms with Crippen molar-refractivity contribution in [1.82, 2.24) is 5.32 Å². The first-order valence-electron chi connectivity index (χ1n) is 7.63. The molecule has 2 heteroatoms. The largest absolute Gasteiger partial charge is 0.375 e. The molecule has 0 spiro atoms. The first kappa shape index (κ1) is 15.7. The minimum atomic E-state index is 0.249. The third-order valence-corrected chi connectivity index (χ3v) is 3.65. The van der Waals surface area contributed by atoms with E-state index in [4.69, 9.17) is 4.74 Å². The van der Waals surface area contributed by atoms with Crippen molar-refractivity contribution >= 4 is 0 Å². The van der Waals surface area contributed by atoms with Crippen LogP contribution in [0.15, 0.2) is 48.5 Å². The molecule has 0 amide bonds. The van der Waals surface area contributed by atoms with Gasteiger partial charge in [-0.05, 0) is 37.1 Å². The van der Waals surface area contributed by atoms with E-state index in [1.54, 1.807) is 0 Å². The summed E-state index contributed by atoms with van der Waals surface area (Å²) in [5, 5.41) is 3.52. The fourth-order valence-electron chi connectivity index (χ4n) is 2.59. The Morgan fingerprint density at radius 1 is 1.05 bits per heavy atom. The lowest BCUT2D eigenvalue weighted by molar-refractivity contribution is 0.0989. The minimum Gasteiger partial charge on any atom is -0.375 e. The van der Waals surface area contributed by atoms with Crippen molar-refractivity contribution in [3.8, 4) is 0 Å². The van der Waals surface area contributed by atoms with Crippen LogP contribution in [0.3, 0.4) is 0 Å². The number of hydrogen-bond donors (Lipinski definition) is 1. The zero-order valence-electron chi connectivity index (χ0n) is 13.2. The lowest BCUT2D eigenvalue weighted by atomic mass is 9.99. The topological polar surface area (TPSA) is 21.3 Å². The highest BCUT2D eigenvalue weighted by Gasteiger charge is 2.13. The van der Waals surface area contributed by atoms with Crippen LogP contribution < -0.4 is 5.32 Å². The maximum absolute atomic E-state index is 5.91. The third-order valence-electron chi connectivity index (χ3n) is 3.65. The van der Waals surface area contributed by atoms with E-state index in [1.165, 1.54) is 22.3 Å². The Kier molecular flexibility index (Phi) is 5.97. The second kappa shape index (κ2) is 7.96. The van der Waals surface area contributed by atoms with Gasteiger partial charge in [0.05, 0.1) is 19.3 Å². The van der Waals surface area contributed by atoms with Gasteiger partial charge in [-0.3, -0.25) is 0 Å². The fourth-order valence-corrected chi connectivity index (χ4v) is 2.59. The van der Waals surface area contributed by atoms with Crippen molar-refractivity contribution in [2.75, 3.05) is 13.2 Å². The number of nitrogens with one attached hydrogen (secondary N) is 1. The Labute approximate surface area is 128 Å². The summed E-state index contributed by atoms with van der Waals surface area (Å²) in [7, 11) is 0. The van der Waals surface area contributed by atoms with Gasteiger partial charge in [-0.15, -0.1) is 0 Å². The first-order chi connectivity index (χ1) is 10.2. The Balaban J connectivity index is 1.98. The molecular formula is C19H25NO. The molecule has 1 unspecified atom stereocenters. The molecule has 0 aliphatic rings. The van der Waals surface area contributed by atoms with Crippen LogP contribution in [0.1, 0.15) is 35.2 Å². The van der Waals surface area contributed by atoms with E-state index >= 15 is 0 Å². The summed E-state index contributed by atoms with van der Waals surface area (Å²) in [6.07, 6.45) is 0. The van der Waals surface area contributed by atoms with Crippen molar-refractivity contribution in [2.45, 2.75) is 33.4 Å². The number of hydrogen-bond acceptors (Lipinski definition) is 2. The quantitative estimate of drug-likeness (QED) is 0.823. The minimum absolute atomic E-state index is 0.249. The van der Waals surface area contributed by atoms with E-state index in [0.29, 0.717) is 13.2 Å². The van der Waals surface area contributed by atoms with Crippen molar-refractivity contribution in [2.24, 2.45) is 0 Å². The zero-order valence-corrected chi connectivity index (χ0v) is 13.2. The number of likely N-dealkylation sites (N-methyl/N-ethyl adjacent to an activating group) is 1. The van der Waals surface area contributed by atoms with Crippen LogP contribution in [0.5, 0.6) is 0 Å². The highest BCUT2D eigenvalue weighted by Crippen LogP contribution is 2.20. The van der Waals surface area contributed by atoms with E-state index < -0.39 is 0 Å². The number of ether oxygens (including phenoxy) is 1. The number of rotatable bonds is 7. The van der Waals surface area contributed by atoms with Gasteiger partial charge >= 0.3 is 0 Å². The molecule has 0 aliphatic heterocycles. The first-order valence-corrected chi connectivity index (χ1v) is 7.63. The molecule has 2 aromatic carbocycles. The van der Waals surface area contributed by atoms with Gasteiger partial charge in [0.25, 0.3) is 0 Å². The SMILES string of the molecule is CCNC(COCc1ccccc1)c1ccc(C)cc1C. The van der Waals surface area contributed by atoms with Crippen LogP contribution in [-0.2, 0) is 11.3 Å². The average molecular weight is 283 g/mol. The summed E-state index contributed by atoms with van der Waals surface area (Å²) in [4.78, 5) is 0. The molecule has 2 rings (SSSR count). The van der Waals surface area contributed by atoms with Gasteiger partial charge in [0.1, 0.15) is 0 Å². The highest BCUT2D eigenvalue weighted by atomic mass is 16.5. The van der Waals surface area contributed by atoms with Crippen molar-refractivity contribution in [3.05, 3.63) is 70.8 Å². The summed E-state index contributed by atoms with van der Waals surface area (Å²) in [6, 6.07) is 17.2. The molecule has 0 heterocycles. The number of benzene rings is 2. The summed E-state index contributed by atoms with van der Waals surface area (Å²) in [6.45, 7) is 8.72. The lowest BCUT2D eigenvalue weighted by Gasteiger charge is -2.21. The molecule has 2 nitrogen and oxygen atoms in total. The highest BCUT2D eigenvalue weighted by molar-refractivity contribution is 5.32. The van der Waals surface area contributed by atoms with Crippen LogP contribution in [0.25, 0.3) is 0 Å². The van der Waals surface area contributed by atoms with E-state index in [-0.39, 0.29) is 6.04 Å².